The molecular formula is C8H6OY11-2. The van der Waals surface area contributed by atoms with Gasteiger partial charge in [0.05, 0.1) is 0 Å². The molecule has 20 heavy (non-hydrogen) atoms. The van der Waals surface area contributed by atoms with Gasteiger partial charge in [-0.25, -0.2) is 17.7 Å². The Balaban J connectivity index is -0.00000000818. The Morgan fingerprint density at radius 1 is 0.700 bits per heavy atom. The second-order valence-corrected chi connectivity index (χ2v) is 1.85. The normalized spacial score (nSPS) is 4.05. The molecule has 1 rings (SSSR count). The van der Waals surface area contributed by atoms with Gasteiger partial charge in [-0.2, -0.15) is 0 Å². The van der Waals surface area contributed by atoms with E-state index in [1.54, 1.807) is 12.1 Å². The van der Waals surface area contributed by atoms with Gasteiger partial charge < -0.3 is 4.79 Å². The molecule has 0 saturated heterocycles. The second-order valence-electron chi connectivity index (χ2n) is 1.85. The Bertz CT molecular complexity index is 218. The molecule has 0 amide bonds. The molecule has 0 aliphatic carbocycles. The molecule has 12 heteroatoms. The molecule has 1 nitrogen and oxygen atoms in total. The number of aryl methyl sites for hydroxylation is 1. The zero-order chi connectivity index (χ0) is 6.69. The van der Waals surface area contributed by atoms with Gasteiger partial charge in [-0.3, -0.25) is 17.7 Å². The van der Waals surface area contributed by atoms with Gasteiger partial charge in [0.2, 0.25) is 0 Å². The first kappa shape index (κ1) is 69.7. The number of carbonyl (C=O) groups is 1. The molecule has 0 aliphatic rings. The maximum absolute atomic E-state index is 10.1. The smallest absolute Gasteiger partial charge is 0 e. The van der Waals surface area contributed by atoms with E-state index >= 15 is 0 Å². The summed E-state index contributed by atoms with van der Waals surface area (Å²) in [7, 11) is 0. The van der Waals surface area contributed by atoms with Gasteiger partial charge >= 0.3 is 0 Å². The largest absolute Gasteiger partial charge is 0.411 e. The van der Waals surface area contributed by atoms with E-state index in [9.17, 15) is 4.79 Å². The molecule has 79 valence electrons. The maximum Gasteiger partial charge on any atom is 0 e. The van der Waals surface area contributed by atoms with Crippen LogP contribution in [0.2, 0.25) is 0 Å². The van der Waals surface area contributed by atoms with Crippen LogP contribution in [0.3, 0.4) is 0 Å². The number of hydrogen-bond donors (Lipinski definition) is 0. The molecule has 0 bridgehead atoms. The Kier molecular flexibility index (Phi) is 182. The minimum Gasteiger partial charge on any atom is -0.411 e. The average Bonchev–Trinajstić information content (AvgIpc) is 1.90. The monoisotopic (exact) mass is 1100 g/mol. The molecule has 11 radical (unpaired) electrons. The molecule has 1 aromatic carbocycles. The van der Waals surface area contributed by atoms with Gasteiger partial charge in [-0.05, 0) is 6.29 Å². The fourth-order valence-electron chi connectivity index (χ4n) is 0.535. The topological polar surface area (TPSA) is 17.1 Å². The van der Waals surface area contributed by atoms with E-state index in [1.807, 2.05) is 6.92 Å². The van der Waals surface area contributed by atoms with Crippen molar-refractivity contribution in [1.29, 1.82) is 0 Å². The van der Waals surface area contributed by atoms with Crippen molar-refractivity contribution in [2.45, 2.75) is 6.92 Å². The van der Waals surface area contributed by atoms with Gasteiger partial charge in [0.1, 0.15) is 0 Å². The van der Waals surface area contributed by atoms with Crippen molar-refractivity contribution in [2.75, 3.05) is 0 Å². The quantitative estimate of drug-likeness (QED) is 0.308. The van der Waals surface area contributed by atoms with Crippen LogP contribution in [0, 0.1) is 19.1 Å². The Morgan fingerprint density at radius 3 is 1.15 bits per heavy atom. The summed E-state index contributed by atoms with van der Waals surface area (Å²) < 4.78 is 0. The Hall–Kier alpha value is 11.0. The van der Waals surface area contributed by atoms with Crippen LogP contribution in [0.5, 0.6) is 0 Å². The average molecular weight is 1100 g/mol. The molecule has 0 fully saturated rings. The van der Waals surface area contributed by atoms with Crippen LogP contribution in [-0.2, 0) is 360 Å². The van der Waals surface area contributed by atoms with Crippen molar-refractivity contribution >= 4 is 6.29 Å². The summed E-state index contributed by atoms with van der Waals surface area (Å²) in [4.78, 5) is 10.1. The van der Waals surface area contributed by atoms with Crippen LogP contribution in [0.25, 0.3) is 0 Å². The van der Waals surface area contributed by atoms with E-state index in [-0.39, 0.29) is 360 Å². The molecule has 0 atom stereocenters. The van der Waals surface area contributed by atoms with Gasteiger partial charge in [0, 0.05) is 360 Å². The van der Waals surface area contributed by atoms with Crippen LogP contribution < -0.4 is 0 Å². The maximum atomic E-state index is 10.1. The van der Waals surface area contributed by atoms with Crippen molar-refractivity contribution in [3.8, 4) is 0 Å². The summed E-state index contributed by atoms with van der Waals surface area (Å²) in [6, 6.07) is 9.05. The number of aldehydes is 1. The SMILES string of the molecule is Cc1c[c-]c(C=O)[c-]c1.[Y].[Y].[Y].[Y].[Y].[Y].[Y].[Y].[Y].[Y].[Y]. The molecule has 1 aromatic rings. The second kappa shape index (κ2) is 52.1. The first-order chi connectivity index (χ1) is 4.33. The van der Waals surface area contributed by atoms with Crippen LogP contribution in [0.4, 0.5) is 0 Å². The number of carbonyl (C=O) groups excluding carboxylic acids is 1. The van der Waals surface area contributed by atoms with Crippen LogP contribution >= 0.6 is 0 Å². The van der Waals surface area contributed by atoms with Crippen molar-refractivity contribution in [3.05, 3.63) is 35.4 Å². The molecular weight excluding hydrogens is 1090 g/mol. The third kappa shape index (κ3) is 43.0. The fourth-order valence-corrected chi connectivity index (χ4v) is 0.535. The van der Waals surface area contributed by atoms with E-state index < -0.39 is 0 Å². The van der Waals surface area contributed by atoms with Crippen LogP contribution in [-0.4, -0.2) is 6.29 Å². The molecule has 0 N–H and O–H groups in total. The minimum absolute atomic E-state index is 0. The molecule has 0 saturated carbocycles. The van der Waals surface area contributed by atoms with Gasteiger partial charge in [0.15, 0.2) is 0 Å². The first-order valence-electron chi connectivity index (χ1n) is 2.68. The zero-order valence-corrected chi connectivity index (χ0v) is 42.7. The standard InChI is InChI=1S/C8H6O.11Y/c1-7-2-4-8(6-9)5-3-7;;;;;;;;;;;/h2-3,6H,1H3;;;;;;;;;;;/q-2;;;;;;;;;;;. The Morgan fingerprint density at radius 2 is 0.950 bits per heavy atom. The van der Waals surface area contributed by atoms with Crippen molar-refractivity contribution in [3.63, 3.8) is 0 Å². The molecule has 0 heterocycles. The number of hydrogen-bond acceptors (Lipinski definition) is 1. The first-order valence-corrected chi connectivity index (χ1v) is 2.68. The summed E-state index contributed by atoms with van der Waals surface area (Å²) in [6.45, 7) is 1.93. The van der Waals surface area contributed by atoms with E-state index in [0.29, 0.717) is 5.56 Å². The summed E-state index contributed by atoms with van der Waals surface area (Å²) in [5.74, 6) is 0. The minimum atomic E-state index is 0. The zero-order valence-electron chi connectivity index (χ0n) is 11.5. The molecule has 0 spiro atoms. The summed E-state index contributed by atoms with van der Waals surface area (Å²) in [5.41, 5.74) is 1.56. The predicted octanol–water partition coefficient (Wildman–Crippen LogP) is 1.38. The summed E-state index contributed by atoms with van der Waals surface area (Å²) in [6.07, 6.45) is 0.736. The predicted molar refractivity (Wildman–Crippen MR) is 34.2 cm³/mol. The Labute approximate surface area is 400 Å². The van der Waals surface area contributed by atoms with Gasteiger partial charge in [-0.1, -0.05) is 0 Å². The van der Waals surface area contributed by atoms with Crippen LogP contribution in [0.15, 0.2) is 12.1 Å². The van der Waals surface area contributed by atoms with E-state index in [4.69, 9.17) is 0 Å². The van der Waals surface area contributed by atoms with Gasteiger partial charge in [-0.15, -0.1) is 6.92 Å². The number of benzene rings is 1. The summed E-state index contributed by atoms with van der Waals surface area (Å²) in [5, 5.41) is 0. The third-order valence-electron chi connectivity index (χ3n) is 1.03. The van der Waals surface area contributed by atoms with E-state index in [1.165, 1.54) is 0 Å². The van der Waals surface area contributed by atoms with Crippen molar-refractivity contribution in [2.24, 2.45) is 0 Å². The van der Waals surface area contributed by atoms with E-state index in [2.05, 4.69) is 12.1 Å². The summed E-state index contributed by atoms with van der Waals surface area (Å²) >= 11 is 0. The van der Waals surface area contributed by atoms with E-state index in [0.717, 1.165) is 11.8 Å². The molecule has 0 unspecified atom stereocenters. The number of rotatable bonds is 1. The van der Waals surface area contributed by atoms with Crippen molar-refractivity contribution in [1.82, 2.24) is 0 Å². The third-order valence-corrected chi connectivity index (χ3v) is 1.03. The molecule has 0 aromatic heterocycles. The fraction of sp³-hybridized carbons (Fsp3) is 0.125. The molecule has 0 aliphatic heterocycles. The van der Waals surface area contributed by atoms with Crippen LogP contribution in [0.1, 0.15) is 15.9 Å². The van der Waals surface area contributed by atoms with Gasteiger partial charge in [0.25, 0.3) is 0 Å². The van der Waals surface area contributed by atoms with Crippen molar-refractivity contribution < 1.29 is 365 Å².